The smallest absolute Gasteiger partial charge is 0.145 e. The summed E-state index contributed by atoms with van der Waals surface area (Å²) in [5.41, 5.74) is 0. The van der Waals surface area contributed by atoms with Gasteiger partial charge in [0.1, 0.15) is 5.12 Å². The van der Waals surface area contributed by atoms with E-state index in [-0.39, 0.29) is 17.5 Å². The van der Waals surface area contributed by atoms with Gasteiger partial charge >= 0.3 is 0 Å². The van der Waals surface area contributed by atoms with Gasteiger partial charge in [-0.15, -0.1) is 12.4 Å². The SMILES string of the molecule is CN1CCNC1(C)Cl.Cl. The Hall–Kier alpha value is 0.500. The first-order valence-corrected chi connectivity index (χ1v) is 3.16. The molecule has 1 aliphatic heterocycles. The second-order valence-electron chi connectivity index (χ2n) is 2.30. The molecule has 0 radical (unpaired) electrons. The highest BCUT2D eigenvalue weighted by atomic mass is 35.5. The predicted molar refractivity (Wildman–Crippen MR) is 42.1 cm³/mol. The zero-order valence-electron chi connectivity index (χ0n) is 5.65. The Bertz CT molecular complexity index is 95.0. The number of nitrogens with zero attached hydrogens (tertiary/aromatic N) is 1. The van der Waals surface area contributed by atoms with E-state index in [0.29, 0.717) is 0 Å². The molecule has 0 bridgehead atoms. The number of alkyl halides is 1. The van der Waals surface area contributed by atoms with Gasteiger partial charge in [0.15, 0.2) is 0 Å². The third-order valence-corrected chi connectivity index (χ3v) is 2.03. The molecule has 56 valence electrons. The van der Waals surface area contributed by atoms with Crippen LogP contribution in [0.1, 0.15) is 6.92 Å². The summed E-state index contributed by atoms with van der Waals surface area (Å²) in [4.78, 5) is 2.08. The number of halogens is 2. The van der Waals surface area contributed by atoms with Crippen LogP contribution in [0.15, 0.2) is 0 Å². The Kier molecular flexibility index (Phi) is 3.23. The summed E-state index contributed by atoms with van der Waals surface area (Å²) >= 11 is 5.93. The van der Waals surface area contributed by atoms with Crippen molar-refractivity contribution in [1.29, 1.82) is 0 Å². The largest absolute Gasteiger partial charge is 0.285 e. The molecule has 1 fully saturated rings. The molecule has 1 saturated heterocycles. The van der Waals surface area contributed by atoms with E-state index in [2.05, 4.69) is 10.2 Å². The lowest BCUT2D eigenvalue weighted by atomic mass is 10.5. The van der Waals surface area contributed by atoms with Crippen molar-refractivity contribution in [3.8, 4) is 0 Å². The molecule has 1 heterocycles. The van der Waals surface area contributed by atoms with Crippen molar-refractivity contribution in [1.82, 2.24) is 10.2 Å². The molecule has 0 spiro atoms. The Labute approximate surface area is 67.0 Å². The van der Waals surface area contributed by atoms with Gasteiger partial charge in [0.2, 0.25) is 0 Å². The van der Waals surface area contributed by atoms with Gasteiger partial charge in [-0.1, -0.05) is 11.6 Å². The first-order valence-electron chi connectivity index (χ1n) is 2.78. The van der Waals surface area contributed by atoms with Crippen LogP contribution in [0.4, 0.5) is 0 Å². The average Bonchev–Trinajstić information content (AvgIpc) is 1.86. The molecule has 1 atom stereocenters. The molecular formula is C5H12Cl2N2. The van der Waals surface area contributed by atoms with E-state index in [1.165, 1.54) is 0 Å². The minimum absolute atomic E-state index is 0. The fourth-order valence-corrected chi connectivity index (χ4v) is 0.976. The normalized spacial score (nSPS) is 36.3. The van der Waals surface area contributed by atoms with E-state index in [4.69, 9.17) is 11.6 Å². The Morgan fingerprint density at radius 1 is 1.67 bits per heavy atom. The molecule has 1 N–H and O–H groups in total. The summed E-state index contributed by atoms with van der Waals surface area (Å²) < 4.78 is 0. The molecule has 4 heteroatoms. The predicted octanol–water partition coefficient (Wildman–Crippen LogP) is 0.856. The molecule has 1 rings (SSSR count). The summed E-state index contributed by atoms with van der Waals surface area (Å²) in [5.74, 6) is 0. The van der Waals surface area contributed by atoms with Crippen LogP contribution in [-0.4, -0.2) is 30.2 Å². The van der Waals surface area contributed by atoms with Crippen molar-refractivity contribution < 1.29 is 0 Å². The van der Waals surface area contributed by atoms with Gasteiger partial charge in [0.25, 0.3) is 0 Å². The van der Waals surface area contributed by atoms with Crippen LogP contribution in [0, 0.1) is 0 Å². The second kappa shape index (κ2) is 3.06. The third kappa shape index (κ3) is 1.97. The maximum atomic E-state index is 5.93. The van der Waals surface area contributed by atoms with Crippen molar-refractivity contribution >= 4 is 24.0 Å². The first kappa shape index (κ1) is 9.50. The fourth-order valence-electron chi connectivity index (χ4n) is 0.797. The lowest BCUT2D eigenvalue weighted by molar-refractivity contribution is 0.271. The van der Waals surface area contributed by atoms with Crippen molar-refractivity contribution in [3.63, 3.8) is 0 Å². The molecule has 1 unspecified atom stereocenters. The maximum Gasteiger partial charge on any atom is 0.145 e. The Morgan fingerprint density at radius 2 is 2.22 bits per heavy atom. The van der Waals surface area contributed by atoms with Crippen LogP contribution in [0.3, 0.4) is 0 Å². The Morgan fingerprint density at radius 3 is 2.33 bits per heavy atom. The molecule has 0 aromatic heterocycles. The average molecular weight is 171 g/mol. The van der Waals surface area contributed by atoms with Gasteiger partial charge < -0.3 is 0 Å². The monoisotopic (exact) mass is 170 g/mol. The first-order chi connectivity index (χ1) is 3.63. The maximum absolute atomic E-state index is 5.93. The molecule has 0 saturated carbocycles. The second-order valence-corrected chi connectivity index (χ2v) is 3.04. The van der Waals surface area contributed by atoms with Crippen LogP contribution < -0.4 is 5.32 Å². The van der Waals surface area contributed by atoms with Gasteiger partial charge in [-0.3, -0.25) is 10.2 Å². The van der Waals surface area contributed by atoms with E-state index < -0.39 is 0 Å². The number of rotatable bonds is 0. The zero-order valence-corrected chi connectivity index (χ0v) is 7.22. The third-order valence-electron chi connectivity index (χ3n) is 1.61. The van der Waals surface area contributed by atoms with Gasteiger partial charge in [-0.25, -0.2) is 0 Å². The highest BCUT2D eigenvalue weighted by Crippen LogP contribution is 2.17. The van der Waals surface area contributed by atoms with E-state index in [1.807, 2.05) is 14.0 Å². The molecule has 1 aliphatic rings. The summed E-state index contributed by atoms with van der Waals surface area (Å²) in [6.45, 7) is 4.00. The van der Waals surface area contributed by atoms with Crippen molar-refractivity contribution in [2.75, 3.05) is 20.1 Å². The summed E-state index contributed by atoms with van der Waals surface area (Å²) in [7, 11) is 2.01. The highest BCUT2D eigenvalue weighted by molar-refractivity contribution is 6.23. The van der Waals surface area contributed by atoms with Crippen molar-refractivity contribution in [2.24, 2.45) is 0 Å². The van der Waals surface area contributed by atoms with Crippen molar-refractivity contribution in [2.45, 2.75) is 12.0 Å². The lowest BCUT2D eigenvalue weighted by Crippen LogP contribution is -2.40. The summed E-state index contributed by atoms with van der Waals surface area (Å²) in [6, 6.07) is 0. The zero-order chi connectivity index (χ0) is 6.20. The minimum atomic E-state index is -0.292. The number of hydrogen-bond donors (Lipinski definition) is 1. The van der Waals surface area contributed by atoms with Gasteiger partial charge in [-0.05, 0) is 14.0 Å². The molecular weight excluding hydrogens is 159 g/mol. The summed E-state index contributed by atoms with van der Waals surface area (Å²) in [6.07, 6.45) is 0. The standard InChI is InChI=1S/C5H11ClN2.ClH/c1-5(6)7-3-4-8(5)2;/h7H,3-4H2,1-2H3;1H. The van der Waals surface area contributed by atoms with Crippen LogP contribution in [0.5, 0.6) is 0 Å². The van der Waals surface area contributed by atoms with Crippen LogP contribution in [0.2, 0.25) is 0 Å². The van der Waals surface area contributed by atoms with Crippen LogP contribution in [0.25, 0.3) is 0 Å². The quantitative estimate of drug-likeness (QED) is 0.429. The van der Waals surface area contributed by atoms with E-state index >= 15 is 0 Å². The molecule has 0 amide bonds. The topological polar surface area (TPSA) is 15.3 Å². The molecule has 9 heavy (non-hydrogen) atoms. The Balaban J connectivity index is 0.000000640. The minimum Gasteiger partial charge on any atom is -0.285 e. The van der Waals surface area contributed by atoms with E-state index in [9.17, 15) is 0 Å². The number of likely N-dealkylation sites (N-methyl/N-ethyl adjacent to an activating group) is 1. The number of hydrogen-bond acceptors (Lipinski definition) is 2. The van der Waals surface area contributed by atoms with Gasteiger partial charge in [0.05, 0.1) is 0 Å². The van der Waals surface area contributed by atoms with Crippen molar-refractivity contribution in [3.05, 3.63) is 0 Å². The highest BCUT2D eigenvalue weighted by Gasteiger charge is 2.29. The fraction of sp³-hybridized carbons (Fsp3) is 1.00. The molecule has 0 aliphatic carbocycles. The number of nitrogens with one attached hydrogen (secondary N) is 1. The van der Waals surface area contributed by atoms with E-state index in [1.54, 1.807) is 0 Å². The van der Waals surface area contributed by atoms with Crippen LogP contribution >= 0.6 is 24.0 Å². The van der Waals surface area contributed by atoms with E-state index in [0.717, 1.165) is 13.1 Å². The summed E-state index contributed by atoms with van der Waals surface area (Å²) in [5, 5.41) is 2.85. The lowest BCUT2D eigenvalue weighted by Gasteiger charge is -2.23. The van der Waals surface area contributed by atoms with Gasteiger partial charge in [0, 0.05) is 13.1 Å². The molecule has 0 aromatic rings. The molecule has 2 nitrogen and oxygen atoms in total. The van der Waals surface area contributed by atoms with Crippen LogP contribution in [-0.2, 0) is 0 Å². The molecule has 0 aromatic carbocycles. The van der Waals surface area contributed by atoms with Gasteiger partial charge in [-0.2, -0.15) is 0 Å².